The van der Waals surface area contributed by atoms with Gasteiger partial charge in [0, 0.05) is 19.0 Å². The number of likely N-dealkylation sites (tertiary alicyclic amines) is 1. The molecule has 0 aromatic rings. The van der Waals surface area contributed by atoms with Gasteiger partial charge in [0.1, 0.15) is 0 Å². The maximum Gasteiger partial charge on any atom is 0.225 e. The fraction of sp³-hybridized carbons (Fsp3) is 0.857. The van der Waals surface area contributed by atoms with Crippen molar-refractivity contribution in [2.45, 2.75) is 44.7 Å². The molecule has 0 aliphatic carbocycles. The number of rotatable bonds is 4. The Kier molecular flexibility index (Phi) is 4.65. The number of nitrogens with one attached hydrogen (secondary N) is 2. The summed E-state index contributed by atoms with van der Waals surface area (Å²) in [6.07, 6.45) is 2.21. The maximum absolute atomic E-state index is 12.2. The molecule has 2 amide bonds. The summed E-state index contributed by atoms with van der Waals surface area (Å²) < 4.78 is 0. The van der Waals surface area contributed by atoms with Crippen molar-refractivity contribution in [1.82, 2.24) is 15.5 Å². The molecule has 0 aromatic heterocycles. The molecule has 6 nitrogen and oxygen atoms in total. The van der Waals surface area contributed by atoms with Crippen molar-refractivity contribution in [3.05, 3.63) is 0 Å². The molecule has 20 heavy (non-hydrogen) atoms. The first-order chi connectivity index (χ1) is 9.43. The smallest absolute Gasteiger partial charge is 0.225 e. The molecule has 0 saturated carbocycles. The highest BCUT2D eigenvalue weighted by atomic mass is 16.3. The molecule has 2 aliphatic rings. The van der Waals surface area contributed by atoms with Crippen molar-refractivity contribution in [1.29, 1.82) is 0 Å². The predicted octanol–water partition coefficient (Wildman–Crippen LogP) is -0.526. The van der Waals surface area contributed by atoms with Gasteiger partial charge in [-0.2, -0.15) is 0 Å². The van der Waals surface area contributed by atoms with E-state index in [1.807, 2.05) is 4.90 Å². The minimum Gasteiger partial charge on any atom is -0.394 e. The van der Waals surface area contributed by atoms with Crippen molar-refractivity contribution >= 4 is 11.8 Å². The van der Waals surface area contributed by atoms with Gasteiger partial charge in [0.2, 0.25) is 11.8 Å². The van der Waals surface area contributed by atoms with E-state index in [1.54, 1.807) is 13.8 Å². The van der Waals surface area contributed by atoms with Crippen molar-refractivity contribution in [2.75, 3.05) is 26.2 Å². The first-order valence-electron chi connectivity index (χ1n) is 7.36. The normalized spacial score (nSPS) is 25.1. The zero-order valence-electron chi connectivity index (χ0n) is 12.3. The molecule has 0 spiro atoms. The van der Waals surface area contributed by atoms with Crippen LogP contribution in [-0.4, -0.2) is 59.6 Å². The second-order valence-electron chi connectivity index (χ2n) is 6.46. The number of nitrogens with zero attached hydrogens (tertiary/aromatic N) is 1. The summed E-state index contributed by atoms with van der Waals surface area (Å²) in [5, 5.41) is 15.3. The minimum absolute atomic E-state index is 0.0823. The summed E-state index contributed by atoms with van der Waals surface area (Å²) in [5.41, 5.74) is -0.637. The van der Waals surface area contributed by atoms with E-state index >= 15 is 0 Å². The van der Waals surface area contributed by atoms with E-state index in [2.05, 4.69) is 10.6 Å². The van der Waals surface area contributed by atoms with Gasteiger partial charge in [-0.3, -0.25) is 9.59 Å². The molecule has 2 fully saturated rings. The molecular formula is C14H25N3O3. The highest BCUT2D eigenvalue weighted by molar-refractivity contribution is 5.89. The van der Waals surface area contributed by atoms with Crippen LogP contribution in [0.3, 0.4) is 0 Å². The van der Waals surface area contributed by atoms with E-state index in [-0.39, 0.29) is 36.8 Å². The summed E-state index contributed by atoms with van der Waals surface area (Å²) in [7, 11) is 0. The van der Waals surface area contributed by atoms with E-state index in [0.29, 0.717) is 6.54 Å². The SMILES string of the molecule is CC(C)(CO)NC(=O)C1CC(=O)N(C2CCNCC2)C1. The number of hydrogen-bond donors (Lipinski definition) is 3. The minimum atomic E-state index is -0.637. The van der Waals surface area contributed by atoms with Crippen LogP contribution in [0.5, 0.6) is 0 Å². The second kappa shape index (κ2) is 6.10. The first-order valence-corrected chi connectivity index (χ1v) is 7.36. The third-order valence-electron chi connectivity index (χ3n) is 4.14. The van der Waals surface area contributed by atoms with E-state index in [0.717, 1.165) is 25.9 Å². The lowest BCUT2D eigenvalue weighted by molar-refractivity contribution is -0.131. The topological polar surface area (TPSA) is 81.7 Å². The van der Waals surface area contributed by atoms with Crippen LogP contribution in [0.25, 0.3) is 0 Å². The summed E-state index contributed by atoms with van der Waals surface area (Å²) in [6, 6.07) is 0.271. The van der Waals surface area contributed by atoms with Crippen LogP contribution in [0.2, 0.25) is 0 Å². The summed E-state index contributed by atoms with van der Waals surface area (Å²) in [6.45, 7) is 5.80. The van der Waals surface area contributed by atoms with Crippen LogP contribution >= 0.6 is 0 Å². The maximum atomic E-state index is 12.2. The van der Waals surface area contributed by atoms with E-state index in [1.165, 1.54) is 0 Å². The third kappa shape index (κ3) is 3.49. The van der Waals surface area contributed by atoms with Crippen molar-refractivity contribution in [2.24, 2.45) is 5.92 Å². The molecule has 0 aromatic carbocycles. The molecule has 2 saturated heterocycles. The molecular weight excluding hydrogens is 258 g/mol. The number of carbonyl (C=O) groups excluding carboxylic acids is 2. The van der Waals surface area contributed by atoms with Gasteiger partial charge in [-0.05, 0) is 39.8 Å². The van der Waals surface area contributed by atoms with E-state index < -0.39 is 5.54 Å². The molecule has 2 aliphatic heterocycles. The van der Waals surface area contributed by atoms with Gasteiger partial charge >= 0.3 is 0 Å². The fourth-order valence-corrected chi connectivity index (χ4v) is 2.85. The molecule has 1 unspecified atom stereocenters. The second-order valence-corrected chi connectivity index (χ2v) is 6.46. The Balaban J connectivity index is 1.92. The van der Waals surface area contributed by atoms with E-state index in [4.69, 9.17) is 0 Å². The Morgan fingerprint density at radius 2 is 2.10 bits per heavy atom. The quantitative estimate of drug-likeness (QED) is 0.648. The highest BCUT2D eigenvalue weighted by Crippen LogP contribution is 2.24. The lowest BCUT2D eigenvalue weighted by atomic mass is 10.0. The van der Waals surface area contributed by atoms with Gasteiger partial charge in [-0.15, -0.1) is 0 Å². The number of carbonyl (C=O) groups is 2. The standard InChI is InChI=1S/C14H25N3O3/c1-14(2,9-18)16-13(20)10-7-12(19)17(8-10)11-3-5-15-6-4-11/h10-11,15,18H,3-9H2,1-2H3,(H,16,20). The van der Waals surface area contributed by atoms with Crippen LogP contribution in [0.1, 0.15) is 33.1 Å². The molecule has 0 bridgehead atoms. The molecule has 6 heteroatoms. The largest absolute Gasteiger partial charge is 0.394 e. The van der Waals surface area contributed by atoms with Gasteiger partial charge in [0.15, 0.2) is 0 Å². The van der Waals surface area contributed by atoms with Gasteiger partial charge in [-0.25, -0.2) is 0 Å². The molecule has 114 valence electrons. The van der Waals surface area contributed by atoms with Gasteiger partial charge in [0.05, 0.1) is 18.1 Å². The van der Waals surface area contributed by atoms with Crippen molar-refractivity contribution < 1.29 is 14.7 Å². The van der Waals surface area contributed by atoms with Crippen LogP contribution in [0, 0.1) is 5.92 Å². The number of aliphatic hydroxyl groups excluding tert-OH is 1. The van der Waals surface area contributed by atoms with Crippen molar-refractivity contribution in [3.63, 3.8) is 0 Å². The molecule has 2 heterocycles. The zero-order chi connectivity index (χ0) is 14.8. The van der Waals surface area contributed by atoms with Gasteiger partial charge in [-0.1, -0.05) is 0 Å². The monoisotopic (exact) mass is 283 g/mol. The fourth-order valence-electron chi connectivity index (χ4n) is 2.85. The molecule has 0 radical (unpaired) electrons. The van der Waals surface area contributed by atoms with Crippen LogP contribution in [0.4, 0.5) is 0 Å². The third-order valence-corrected chi connectivity index (χ3v) is 4.14. The number of hydrogen-bond acceptors (Lipinski definition) is 4. The Morgan fingerprint density at radius 1 is 1.45 bits per heavy atom. The Hall–Kier alpha value is -1.14. The van der Waals surface area contributed by atoms with Gasteiger partial charge in [0.25, 0.3) is 0 Å². The number of piperidine rings is 1. The Labute approximate surface area is 119 Å². The Morgan fingerprint density at radius 3 is 2.70 bits per heavy atom. The summed E-state index contributed by atoms with van der Waals surface area (Å²) in [4.78, 5) is 26.2. The van der Waals surface area contributed by atoms with Crippen LogP contribution < -0.4 is 10.6 Å². The van der Waals surface area contributed by atoms with Crippen LogP contribution in [-0.2, 0) is 9.59 Å². The average Bonchev–Trinajstić information content (AvgIpc) is 2.81. The van der Waals surface area contributed by atoms with Gasteiger partial charge < -0.3 is 20.6 Å². The molecule has 2 rings (SSSR count). The zero-order valence-corrected chi connectivity index (χ0v) is 12.3. The first kappa shape index (κ1) is 15.3. The highest BCUT2D eigenvalue weighted by Gasteiger charge is 2.39. The van der Waals surface area contributed by atoms with E-state index in [9.17, 15) is 14.7 Å². The average molecular weight is 283 g/mol. The summed E-state index contributed by atoms with van der Waals surface area (Å²) >= 11 is 0. The predicted molar refractivity (Wildman–Crippen MR) is 75.0 cm³/mol. The lowest BCUT2D eigenvalue weighted by Crippen LogP contribution is -2.49. The number of aliphatic hydroxyl groups is 1. The molecule has 1 atom stereocenters. The Bertz CT molecular complexity index is 378. The lowest BCUT2D eigenvalue weighted by Gasteiger charge is -2.32. The van der Waals surface area contributed by atoms with Crippen LogP contribution in [0.15, 0.2) is 0 Å². The number of amides is 2. The summed E-state index contributed by atoms with van der Waals surface area (Å²) in [5.74, 6) is -0.337. The molecule has 3 N–H and O–H groups in total. The van der Waals surface area contributed by atoms with Crippen molar-refractivity contribution in [3.8, 4) is 0 Å².